The molecular formula is C14H15N3O3S2. The van der Waals surface area contributed by atoms with Crippen molar-refractivity contribution in [2.45, 2.75) is 6.92 Å². The summed E-state index contributed by atoms with van der Waals surface area (Å²) in [5.41, 5.74) is 1.36. The van der Waals surface area contributed by atoms with E-state index in [0.717, 1.165) is 15.4 Å². The molecule has 1 aromatic heterocycles. The lowest BCUT2D eigenvalue weighted by atomic mass is 10.2. The van der Waals surface area contributed by atoms with Crippen LogP contribution in [0.1, 0.15) is 15.4 Å². The summed E-state index contributed by atoms with van der Waals surface area (Å²) in [6, 6.07) is 9.67. The number of sulfonamides is 1. The fraction of sp³-hybridized carbons (Fsp3) is 0.286. The first-order chi connectivity index (χ1) is 10.5. The molecule has 1 amide bonds. The van der Waals surface area contributed by atoms with Crippen molar-refractivity contribution in [2.24, 2.45) is 0 Å². The van der Waals surface area contributed by atoms with Gasteiger partial charge < -0.3 is 4.90 Å². The number of amides is 1. The van der Waals surface area contributed by atoms with Gasteiger partial charge in [0.25, 0.3) is 5.91 Å². The summed E-state index contributed by atoms with van der Waals surface area (Å²) in [4.78, 5) is 19.3. The van der Waals surface area contributed by atoms with Crippen LogP contribution in [0, 0.1) is 6.92 Å². The molecule has 2 heterocycles. The van der Waals surface area contributed by atoms with E-state index in [1.165, 1.54) is 16.2 Å². The normalized spacial score (nSPS) is 17.4. The lowest BCUT2D eigenvalue weighted by Crippen LogP contribution is -2.50. The topological polar surface area (TPSA) is 79.4 Å². The molecule has 1 aliphatic rings. The zero-order valence-corrected chi connectivity index (χ0v) is 13.6. The number of carbonyl (C=O) groups is 1. The third kappa shape index (κ3) is 3.03. The van der Waals surface area contributed by atoms with Crippen molar-refractivity contribution in [3.05, 3.63) is 40.9 Å². The standard InChI is InChI=1S/C14H15N3O3S2/c1-10-12(14(18)17-7-8-22(19,20)15-9-17)16-13(21-10)11-5-3-2-4-6-11/h2-6,15H,7-9H2,1H3. The second kappa shape index (κ2) is 5.79. The summed E-state index contributed by atoms with van der Waals surface area (Å²) < 4.78 is 25.1. The van der Waals surface area contributed by atoms with Gasteiger partial charge in [-0.15, -0.1) is 11.3 Å². The van der Waals surface area contributed by atoms with Gasteiger partial charge in [0.2, 0.25) is 10.0 Å². The quantitative estimate of drug-likeness (QED) is 0.899. The van der Waals surface area contributed by atoms with Crippen molar-refractivity contribution in [2.75, 3.05) is 19.0 Å². The van der Waals surface area contributed by atoms with Crippen LogP contribution in [-0.4, -0.2) is 43.2 Å². The Balaban J connectivity index is 1.83. The van der Waals surface area contributed by atoms with Gasteiger partial charge >= 0.3 is 0 Å². The van der Waals surface area contributed by atoms with Crippen LogP contribution in [0.25, 0.3) is 10.6 Å². The van der Waals surface area contributed by atoms with E-state index in [1.54, 1.807) is 0 Å². The summed E-state index contributed by atoms with van der Waals surface area (Å²) in [5, 5.41) is 0.791. The molecule has 0 aliphatic carbocycles. The van der Waals surface area contributed by atoms with E-state index in [9.17, 15) is 13.2 Å². The average Bonchev–Trinajstić information content (AvgIpc) is 2.89. The number of nitrogens with one attached hydrogen (secondary N) is 1. The lowest BCUT2D eigenvalue weighted by Gasteiger charge is -2.26. The number of nitrogens with zero attached hydrogens (tertiary/aromatic N) is 2. The zero-order chi connectivity index (χ0) is 15.7. The Labute approximate surface area is 132 Å². The molecule has 1 saturated heterocycles. The highest BCUT2D eigenvalue weighted by molar-refractivity contribution is 7.89. The number of rotatable bonds is 2. The van der Waals surface area contributed by atoms with Crippen LogP contribution in [0.3, 0.4) is 0 Å². The molecule has 1 N–H and O–H groups in total. The van der Waals surface area contributed by atoms with E-state index >= 15 is 0 Å². The van der Waals surface area contributed by atoms with E-state index in [0.29, 0.717) is 5.69 Å². The number of carbonyl (C=O) groups excluding carboxylic acids is 1. The Morgan fingerprint density at radius 3 is 2.68 bits per heavy atom. The Morgan fingerprint density at radius 1 is 1.32 bits per heavy atom. The number of hydrogen-bond acceptors (Lipinski definition) is 5. The lowest BCUT2D eigenvalue weighted by molar-refractivity contribution is 0.0750. The molecule has 3 rings (SSSR count). The number of aryl methyl sites for hydroxylation is 1. The maximum Gasteiger partial charge on any atom is 0.274 e. The van der Waals surface area contributed by atoms with Crippen LogP contribution in [0.4, 0.5) is 0 Å². The third-order valence-electron chi connectivity index (χ3n) is 3.41. The van der Waals surface area contributed by atoms with Crippen LogP contribution in [0.15, 0.2) is 30.3 Å². The van der Waals surface area contributed by atoms with E-state index in [2.05, 4.69) is 9.71 Å². The first-order valence-electron chi connectivity index (χ1n) is 6.76. The SMILES string of the molecule is Cc1sc(-c2ccccc2)nc1C(=O)N1CCS(=O)(=O)NC1. The van der Waals surface area contributed by atoms with Gasteiger partial charge in [0.15, 0.2) is 0 Å². The Morgan fingerprint density at radius 2 is 2.05 bits per heavy atom. The predicted molar refractivity (Wildman–Crippen MR) is 85.1 cm³/mol. The van der Waals surface area contributed by atoms with Crippen molar-refractivity contribution >= 4 is 27.3 Å². The smallest absolute Gasteiger partial charge is 0.274 e. The van der Waals surface area contributed by atoms with Crippen molar-refractivity contribution in [3.8, 4) is 10.6 Å². The second-order valence-corrected chi connectivity index (χ2v) is 8.11. The molecular weight excluding hydrogens is 322 g/mol. The monoisotopic (exact) mass is 337 g/mol. The molecule has 0 spiro atoms. The van der Waals surface area contributed by atoms with Gasteiger partial charge in [0.05, 0.1) is 12.4 Å². The molecule has 0 saturated carbocycles. The van der Waals surface area contributed by atoms with Gasteiger partial charge in [-0.1, -0.05) is 30.3 Å². The molecule has 0 atom stereocenters. The largest absolute Gasteiger partial charge is 0.322 e. The summed E-state index contributed by atoms with van der Waals surface area (Å²) in [6.07, 6.45) is 0. The highest BCUT2D eigenvalue weighted by Gasteiger charge is 2.27. The molecule has 1 aromatic carbocycles. The van der Waals surface area contributed by atoms with Crippen LogP contribution < -0.4 is 4.72 Å². The molecule has 6 nitrogen and oxygen atoms in total. The number of benzene rings is 1. The average molecular weight is 337 g/mol. The molecule has 0 radical (unpaired) electrons. The van der Waals surface area contributed by atoms with Gasteiger partial charge in [0.1, 0.15) is 10.7 Å². The van der Waals surface area contributed by atoms with Crippen LogP contribution >= 0.6 is 11.3 Å². The summed E-state index contributed by atoms with van der Waals surface area (Å²) in [7, 11) is -3.24. The predicted octanol–water partition coefficient (Wildman–Crippen LogP) is 1.45. The van der Waals surface area contributed by atoms with Gasteiger partial charge in [0, 0.05) is 17.0 Å². The van der Waals surface area contributed by atoms with Gasteiger partial charge in [-0.3, -0.25) is 4.79 Å². The fourth-order valence-corrected chi connectivity index (χ4v) is 4.05. The van der Waals surface area contributed by atoms with Crippen LogP contribution in [-0.2, 0) is 10.0 Å². The van der Waals surface area contributed by atoms with Crippen molar-refractivity contribution in [1.29, 1.82) is 0 Å². The Kier molecular flexibility index (Phi) is 3.98. The molecule has 1 aliphatic heterocycles. The van der Waals surface area contributed by atoms with Gasteiger partial charge in [-0.2, -0.15) is 4.72 Å². The molecule has 8 heteroatoms. The first kappa shape index (κ1) is 15.1. The summed E-state index contributed by atoms with van der Waals surface area (Å²) >= 11 is 1.46. The second-order valence-electron chi connectivity index (χ2n) is 4.98. The highest BCUT2D eigenvalue weighted by atomic mass is 32.2. The van der Waals surface area contributed by atoms with E-state index in [4.69, 9.17) is 0 Å². The van der Waals surface area contributed by atoms with Crippen molar-refractivity contribution in [1.82, 2.24) is 14.6 Å². The molecule has 0 unspecified atom stereocenters. The minimum atomic E-state index is -3.24. The minimum Gasteiger partial charge on any atom is -0.322 e. The Bertz CT molecular complexity index is 786. The molecule has 22 heavy (non-hydrogen) atoms. The number of thiazole rings is 1. The maximum absolute atomic E-state index is 12.5. The van der Waals surface area contributed by atoms with Gasteiger partial charge in [-0.25, -0.2) is 13.4 Å². The summed E-state index contributed by atoms with van der Waals surface area (Å²) in [6.45, 7) is 2.04. The molecule has 1 fully saturated rings. The van der Waals surface area contributed by atoms with Crippen molar-refractivity contribution in [3.63, 3.8) is 0 Å². The van der Waals surface area contributed by atoms with E-state index < -0.39 is 10.0 Å². The van der Waals surface area contributed by atoms with E-state index in [1.807, 2.05) is 37.3 Å². The van der Waals surface area contributed by atoms with Gasteiger partial charge in [-0.05, 0) is 6.92 Å². The third-order valence-corrected chi connectivity index (χ3v) is 5.72. The Hall–Kier alpha value is -1.77. The van der Waals surface area contributed by atoms with Crippen LogP contribution in [0.5, 0.6) is 0 Å². The maximum atomic E-state index is 12.5. The molecule has 2 aromatic rings. The van der Waals surface area contributed by atoms with E-state index in [-0.39, 0.29) is 24.9 Å². The number of aromatic nitrogens is 1. The summed E-state index contributed by atoms with van der Waals surface area (Å²) in [5.74, 6) is -0.314. The molecule has 116 valence electrons. The first-order valence-corrected chi connectivity index (χ1v) is 9.22. The van der Waals surface area contributed by atoms with Crippen molar-refractivity contribution < 1.29 is 13.2 Å². The molecule has 0 bridgehead atoms. The van der Waals surface area contributed by atoms with Crippen LogP contribution in [0.2, 0.25) is 0 Å². The fourth-order valence-electron chi connectivity index (χ4n) is 2.18. The zero-order valence-electron chi connectivity index (χ0n) is 11.9. The highest BCUT2D eigenvalue weighted by Crippen LogP contribution is 2.28. The minimum absolute atomic E-state index is 0.00119. The number of hydrogen-bond donors (Lipinski definition) is 1.